The van der Waals surface area contributed by atoms with Crippen LogP contribution in [-0.2, 0) is 4.74 Å². The van der Waals surface area contributed by atoms with Crippen molar-refractivity contribution < 1.29 is 13.5 Å². The SMILES string of the molecule is C=C(C)c1cc(F)c(Nc2cc(N=C(N)/C=C(\NC)N3CCOCC3)ncc2C=C(C)CC)c(F)c1. The Morgan fingerprint density at radius 3 is 2.47 bits per heavy atom. The fourth-order valence-corrected chi connectivity index (χ4v) is 3.61. The van der Waals surface area contributed by atoms with Gasteiger partial charge in [-0.1, -0.05) is 30.7 Å². The Balaban J connectivity index is 1.99. The minimum absolute atomic E-state index is 0.237. The summed E-state index contributed by atoms with van der Waals surface area (Å²) >= 11 is 0. The fraction of sp³-hybridized carbons (Fsp3) is 0.333. The molecule has 1 fully saturated rings. The molecule has 2 heterocycles. The molecule has 1 aromatic carbocycles. The Hall–Kier alpha value is -3.72. The largest absolute Gasteiger partial charge is 0.384 e. The van der Waals surface area contributed by atoms with Gasteiger partial charge in [0.15, 0.2) is 5.82 Å². The number of morpholine rings is 1. The highest BCUT2D eigenvalue weighted by atomic mass is 19.1. The molecule has 0 radical (unpaired) electrons. The highest BCUT2D eigenvalue weighted by molar-refractivity contribution is 5.93. The van der Waals surface area contributed by atoms with E-state index in [9.17, 15) is 8.78 Å². The third-order valence-electron chi connectivity index (χ3n) is 5.81. The molecule has 0 unspecified atom stereocenters. The van der Waals surface area contributed by atoms with Gasteiger partial charge in [-0.05, 0) is 38.0 Å². The van der Waals surface area contributed by atoms with Crippen LogP contribution in [0.25, 0.3) is 11.6 Å². The average molecular weight is 497 g/mol. The summed E-state index contributed by atoms with van der Waals surface area (Å²) in [7, 11) is 1.81. The third kappa shape index (κ3) is 6.91. The Kier molecular flexibility index (Phi) is 9.19. The standard InChI is InChI=1S/C27H34F2N6O/c1-6-18(4)11-20-16-32-25(34-24(30)15-26(31-5)35-7-9-36-10-8-35)14-23(20)33-27-21(28)12-19(17(2)3)13-22(27)29/h11-16,31H,2,6-10H2,1,3-5H3,(H3,30,32,33,34)/b18-11?,26-15+. The molecule has 36 heavy (non-hydrogen) atoms. The molecule has 3 rings (SSSR count). The summed E-state index contributed by atoms with van der Waals surface area (Å²) in [4.78, 5) is 10.9. The average Bonchev–Trinajstić information content (AvgIpc) is 2.86. The molecule has 192 valence electrons. The first-order valence-corrected chi connectivity index (χ1v) is 11.9. The summed E-state index contributed by atoms with van der Waals surface area (Å²) in [6.45, 7) is 12.2. The molecular formula is C27H34F2N6O. The van der Waals surface area contributed by atoms with Crippen LogP contribution in [0.5, 0.6) is 0 Å². The Bertz CT molecular complexity index is 1180. The van der Waals surface area contributed by atoms with Crippen LogP contribution in [0.4, 0.5) is 26.0 Å². The Labute approximate surface area is 211 Å². The highest BCUT2D eigenvalue weighted by Gasteiger charge is 2.15. The van der Waals surface area contributed by atoms with Crippen molar-refractivity contribution in [3.63, 3.8) is 0 Å². The van der Waals surface area contributed by atoms with Gasteiger partial charge in [0.1, 0.15) is 29.0 Å². The van der Waals surface area contributed by atoms with Crippen molar-refractivity contribution in [3.8, 4) is 0 Å². The fourth-order valence-electron chi connectivity index (χ4n) is 3.61. The lowest BCUT2D eigenvalue weighted by molar-refractivity contribution is 0.0510. The molecule has 1 aromatic heterocycles. The molecule has 0 aliphatic carbocycles. The summed E-state index contributed by atoms with van der Waals surface area (Å²) in [6.07, 6.45) is 6.07. The first kappa shape index (κ1) is 26.9. The van der Waals surface area contributed by atoms with Crippen LogP contribution in [0.1, 0.15) is 38.3 Å². The Morgan fingerprint density at radius 2 is 1.89 bits per heavy atom. The maximum Gasteiger partial charge on any atom is 0.156 e. The maximum absolute atomic E-state index is 14.8. The van der Waals surface area contributed by atoms with Gasteiger partial charge < -0.3 is 26.0 Å². The number of nitrogens with two attached hydrogens (primary N) is 1. The second kappa shape index (κ2) is 12.3. The lowest BCUT2D eigenvalue weighted by Gasteiger charge is -2.30. The molecule has 9 heteroatoms. The molecule has 0 amide bonds. The molecule has 0 atom stereocenters. The van der Waals surface area contributed by atoms with Gasteiger partial charge in [0, 0.05) is 44.0 Å². The Morgan fingerprint density at radius 1 is 1.22 bits per heavy atom. The predicted molar refractivity (Wildman–Crippen MR) is 143 cm³/mol. The quantitative estimate of drug-likeness (QED) is 0.321. The van der Waals surface area contributed by atoms with Crippen LogP contribution in [0.2, 0.25) is 0 Å². The summed E-state index contributed by atoms with van der Waals surface area (Å²) in [5.41, 5.74) is 9.13. The van der Waals surface area contributed by atoms with Crippen molar-refractivity contribution in [1.29, 1.82) is 0 Å². The van der Waals surface area contributed by atoms with Crippen LogP contribution >= 0.6 is 0 Å². The van der Waals surface area contributed by atoms with E-state index in [2.05, 4.69) is 32.1 Å². The van der Waals surface area contributed by atoms with E-state index in [1.165, 1.54) is 12.1 Å². The van der Waals surface area contributed by atoms with E-state index in [0.717, 1.165) is 30.9 Å². The van der Waals surface area contributed by atoms with E-state index in [4.69, 9.17) is 10.5 Å². The number of ether oxygens (including phenoxy) is 1. The number of aliphatic imine (C=N–C) groups is 1. The summed E-state index contributed by atoms with van der Waals surface area (Å²) in [5, 5.41) is 6.03. The molecule has 1 aliphatic rings. The summed E-state index contributed by atoms with van der Waals surface area (Å²) < 4.78 is 35.1. The van der Waals surface area contributed by atoms with E-state index < -0.39 is 11.6 Å². The number of nitrogens with zero attached hydrogens (tertiary/aromatic N) is 3. The zero-order chi connectivity index (χ0) is 26.2. The second-order valence-electron chi connectivity index (χ2n) is 8.61. The number of rotatable bonds is 9. The first-order chi connectivity index (χ1) is 17.2. The van der Waals surface area contributed by atoms with Crippen LogP contribution in [0, 0.1) is 11.6 Å². The van der Waals surface area contributed by atoms with Crippen molar-refractivity contribution in [2.45, 2.75) is 27.2 Å². The van der Waals surface area contributed by atoms with E-state index in [1.807, 2.05) is 27.0 Å². The zero-order valence-electron chi connectivity index (χ0n) is 21.3. The number of nitrogens with one attached hydrogen (secondary N) is 2. The minimum Gasteiger partial charge on any atom is -0.384 e. The second-order valence-corrected chi connectivity index (χ2v) is 8.61. The highest BCUT2D eigenvalue weighted by Crippen LogP contribution is 2.31. The monoisotopic (exact) mass is 496 g/mol. The van der Waals surface area contributed by atoms with Crippen LogP contribution in [0.3, 0.4) is 0 Å². The van der Waals surface area contributed by atoms with E-state index >= 15 is 0 Å². The smallest absolute Gasteiger partial charge is 0.156 e. The number of anilines is 2. The first-order valence-electron chi connectivity index (χ1n) is 11.9. The third-order valence-corrected chi connectivity index (χ3v) is 5.81. The maximum atomic E-state index is 14.8. The molecule has 2 aromatic rings. The zero-order valence-corrected chi connectivity index (χ0v) is 21.3. The van der Waals surface area contributed by atoms with Crippen LogP contribution in [-0.4, -0.2) is 49.1 Å². The number of amidine groups is 1. The normalized spacial score (nSPS) is 15.2. The number of hydrogen-bond acceptors (Lipinski definition) is 6. The van der Waals surface area contributed by atoms with Crippen molar-refractivity contribution in [2.75, 3.05) is 38.7 Å². The predicted octanol–water partition coefficient (Wildman–Crippen LogP) is 5.33. The lowest BCUT2D eigenvalue weighted by atomic mass is 10.1. The van der Waals surface area contributed by atoms with E-state index in [1.54, 1.807) is 25.3 Å². The minimum atomic E-state index is -0.719. The van der Waals surface area contributed by atoms with Gasteiger partial charge in [-0.2, -0.15) is 0 Å². The molecule has 0 spiro atoms. The summed E-state index contributed by atoms with van der Waals surface area (Å²) in [6, 6.07) is 4.14. The number of halogens is 2. The van der Waals surface area contributed by atoms with Gasteiger partial charge in [-0.15, -0.1) is 0 Å². The molecule has 1 aliphatic heterocycles. The number of benzene rings is 1. The molecule has 1 saturated heterocycles. The number of aromatic nitrogens is 1. The van der Waals surface area contributed by atoms with Gasteiger partial charge >= 0.3 is 0 Å². The molecule has 7 nitrogen and oxygen atoms in total. The van der Waals surface area contributed by atoms with Gasteiger partial charge in [0.25, 0.3) is 0 Å². The van der Waals surface area contributed by atoms with Crippen LogP contribution < -0.4 is 16.4 Å². The number of pyridine rings is 1. The van der Waals surface area contributed by atoms with E-state index in [-0.39, 0.29) is 11.5 Å². The van der Waals surface area contributed by atoms with Crippen molar-refractivity contribution >= 4 is 34.7 Å². The lowest BCUT2D eigenvalue weighted by Crippen LogP contribution is -2.40. The van der Waals surface area contributed by atoms with Gasteiger partial charge in [0.05, 0.1) is 18.9 Å². The van der Waals surface area contributed by atoms with Crippen molar-refractivity contribution in [3.05, 3.63) is 71.2 Å². The van der Waals surface area contributed by atoms with Crippen molar-refractivity contribution in [2.24, 2.45) is 10.7 Å². The number of hydrogen-bond donors (Lipinski definition) is 3. The van der Waals surface area contributed by atoms with Crippen molar-refractivity contribution in [1.82, 2.24) is 15.2 Å². The van der Waals surface area contributed by atoms with Gasteiger partial charge in [-0.25, -0.2) is 18.8 Å². The van der Waals surface area contributed by atoms with Crippen LogP contribution in [0.15, 0.2) is 53.4 Å². The molecule has 0 saturated carbocycles. The molecule has 4 N–H and O–H groups in total. The van der Waals surface area contributed by atoms with E-state index in [0.29, 0.717) is 41.4 Å². The van der Waals surface area contributed by atoms with Gasteiger partial charge in [0.2, 0.25) is 0 Å². The number of allylic oxidation sites excluding steroid dienone is 2. The molecular weight excluding hydrogens is 462 g/mol. The topological polar surface area (TPSA) is 87.8 Å². The van der Waals surface area contributed by atoms with Gasteiger partial charge in [-0.3, -0.25) is 0 Å². The molecule has 0 bridgehead atoms. The summed E-state index contributed by atoms with van der Waals surface area (Å²) in [5.74, 6) is -0.0835.